The summed E-state index contributed by atoms with van der Waals surface area (Å²) in [6, 6.07) is 9.34. The van der Waals surface area contributed by atoms with Crippen LogP contribution in [0.1, 0.15) is 51.1 Å². The number of hydrogen-bond donors (Lipinski definition) is 1. The van der Waals surface area contributed by atoms with E-state index in [9.17, 15) is 0 Å². The highest BCUT2D eigenvalue weighted by Crippen LogP contribution is 2.32. The van der Waals surface area contributed by atoms with Crippen LogP contribution in [-0.4, -0.2) is 13.1 Å². The van der Waals surface area contributed by atoms with Gasteiger partial charge in [-0.25, -0.2) is 0 Å². The molecule has 2 heteroatoms. The average Bonchev–Trinajstić information content (AvgIpc) is 2.39. The number of hydrogen-bond acceptors (Lipinski definition) is 2. The molecule has 1 unspecified atom stereocenters. The summed E-state index contributed by atoms with van der Waals surface area (Å²) in [4.78, 5) is 2.45. The van der Waals surface area contributed by atoms with Crippen molar-refractivity contribution in [1.29, 1.82) is 0 Å². The molecule has 2 N–H and O–H groups in total. The van der Waals surface area contributed by atoms with Crippen LogP contribution in [0.3, 0.4) is 0 Å². The van der Waals surface area contributed by atoms with Gasteiger partial charge >= 0.3 is 0 Å². The van der Waals surface area contributed by atoms with Crippen LogP contribution >= 0.6 is 0 Å². The summed E-state index contributed by atoms with van der Waals surface area (Å²) in [7, 11) is 2.22. The Bertz CT molecular complexity index is 378. The standard InChI is InChI=1S/C16H26N2/c1-12-8-10-14(11-9-12)18(3)16-7-5-4-6-15(16)13(2)17/h4-7,12-14H,8-11,17H2,1-3H3. The van der Waals surface area contributed by atoms with Gasteiger partial charge in [0.2, 0.25) is 0 Å². The second kappa shape index (κ2) is 5.75. The number of nitrogens with two attached hydrogens (primary N) is 1. The summed E-state index contributed by atoms with van der Waals surface area (Å²) in [5.74, 6) is 0.901. The number of nitrogens with zero attached hydrogens (tertiary/aromatic N) is 1. The lowest BCUT2D eigenvalue weighted by molar-refractivity contribution is 0.340. The van der Waals surface area contributed by atoms with E-state index in [1.165, 1.54) is 36.9 Å². The van der Waals surface area contributed by atoms with E-state index in [-0.39, 0.29) is 6.04 Å². The predicted molar refractivity (Wildman–Crippen MR) is 78.9 cm³/mol. The molecule has 0 aliphatic heterocycles. The molecule has 1 saturated carbocycles. The van der Waals surface area contributed by atoms with Gasteiger partial charge in [-0.05, 0) is 50.2 Å². The molecule has 0 aromatic heterocycles. The Morgan fingerprint density at radius 2 is 1.78 bits per heavy atom. The van der Waals surface area contributed by atoms with Crippen molar-refractivity contribution in [2.24, 2.45) is 11.7 Å². The van der Waals surface area contributed by atoms with E-state index in [1.54, 1.807) is 0 Å². The lowest BCUT2D eigenvalue weighted by Gasteiger charge is -2.36. The van der Waals surface area contributed by atoms with E-state index in [4.69, 9.17) is 5.73 Å². The molecule has 0 radical (unpaired) electrons. The van der Waals surface area contributed by atoms with Crippen LogP contribution in [0.2, 0.25) is 0 Å². The van der Waals surface area contributed by atoms with Crippen LogP contribution in [0.25, 0.3) is 0 Å². The van der Waals surface area contributed by atoms with Crippen LogP contribution in [-0.2, 0) is 0 Å². The van der Waals surface area contributed by atoms with Crippen molar-refractivity contribution in [2.45, 2.75) is 51.6 Å². The smallest absolute Gasteiger partial charge is 0.0414 e. The summed E-state index contributed by atoms with van der Waals surface area (Å²) in [6.07, 6.45) is 5.33. The highest BCUT2D eigenvalue weighted by molar-refractivity contribution is 5.55. The Morgan fingerprint density at radius 3 is 2.39 bits per heavy atom. The molecule has 1 atom stereocenters. The van der Waals surface area contributed by atoms with Crippen molar-refractivity contribution in [3.05, 3.63) is 29.8 Å². The third-order valence-corrected chi connectivity index (χ3v) is 4.34. The normalized spacial score (nSPS) is 25.8. The Kier molecular flexibility index (Phi) is 4.28. The SMILES string of the molecule is CC1CCC(N(C)c2ccccc2C(C)N)CC1. The first-order valence-electron chi connectivity index (χ1n) is 7.17. The molecule has 1 aliphatic rings. The van der Waals surface area contributed by atoms with Crippen molar-refractivity contribution in [3.63, 3.8) is 0 Å². The van der Waals surface area contributed by atoms with Gasteiger partial charge in [0.05, 0.1) is 0 Å². The molecule has 1 aromatic carbocycles. The fourth-order valence-corrected chi connectivity index (χ4v) is 3.02. The molecule has 18 heavy (non-hydrogen) atoms. The molecule has 0 bridgehead atoms. The zero-order chi connectivity index (χ0) is 13.1. The van der Waals surface area contributed by atoms with Gasteiger partial charge in [-0.3, -0.25) is 0 Å². The van der Waals surface area contributed by atoms with Crippen molar-refractivity contribution in [2.75, 3.05) is 11.9 Å². The van der Waals surface area contributed by atoms with Crippen LogP contribution in [0.15, 0.2) is 24.3 Å². The summed E-state index contributed by atoms with van der Waals surface area (Å²) >= 11 is 0. The molecular formula is C16H26N2. The molecule has 0 amide bonds. The Morgan fingerprint density at radius 1 is 1.17 bits per heavy atom. The van der Waals surface area contributed by atoms with Gasteiger partial charge in [-0.1, -0.05) is 25.1 Å². The van der Waals surface area contributed by atoms with Gasteiger partial charge < -0.3 is 10.6 Å². The average molecular weight is 246 g/mol. The van der Waals surface area contributed by atoms with E-state index in [0.29, 0.717) is 6.04 Å². The fourth-order valence-electron chi connectivity index (χ4n) is 3.02. The van der Waals surface area contributed by atoms with E-state index in [1.807, 2.05) is 0 Å². The molecule has 0 spiro atoms. The zero-order valence-electron chi connectivity index (χ0n) is 11.9. The molecule has 1 aromatic rings. The largest absolute Gasteiger partial charge is 0.371 e. The molecule has 1 aliphatic carbocycles. The van der Waals surface area contributed by atoms with Crippen LogP contribution in [0.5, 0.6) is 0 Å². The summed E-state index contributed by atoms with van der Waals surface area (Å²) in [5, 5.41) is 0. The van der Waals surface area contributed by atoms with E-state index < -0.39 is 0 Å². The highest BCUT2D eigenvalue weighted by Gasteiger charge is 2.23. The third kappa shape index (κ3) is 2.86. The number of para-hydroxylation sites is 1. The van der Waals surface area contributed by atoms with Crippen molar-refractivity contribution in [1.82, 2.24) is 0 Å². The summed E-state index contributed by atoms with van der Waals surface area (Å²) in [6.45, 7) is 4.43. The molecule has 100 valence electrons. The Labute approximate surface area is 111 Å². The van der Waals surface area contributed by atoms with Gasteiger partial charge in [0.1, 0.15) is 0 Å². The summed E-state index contributed by atoms with van der Waals surface area (Å²) < 4.78 is 0. The van der Waals surface area contributed by atoms with E-state index in [0.717, 1.165) is 5.92 Å². The molecule has 0 saturated heterocycles. The number of anilines is 1. The van der Waals surface area contributed by atoms with E-state index in [2.05, 4.69) is 50.1 Å². The minimum Gasteiger partial charge on any atom is -0.371 e. The minimum absolute atomic E-state index is 0.103. The molecule has 2 rings (SSSR count). The fraction of sp³-hybridized carbons (Fsp3) is 0.625. The topological polar surface area (TPSA) is 29.3 Å². The molecule has 0 heterocycles. The van der Waals surface area contributed by atoms with Gasteiger partial charge in [0, 0.05) is 24.8 Å². The van der Waals surface area contributed by atoms with Crippen molar-refractivity contribution < 1.29 is 0 Å². The highest BCUT2D eigenvalue weighted by atomic mass is 15.1. The summed E-state index contributed by atoms with van der Waals surface area (Å²) in [5.41, 5.74) is 8.65. The first kappa shape index (κ1) is 13.4. The maximum atomic E-state index is 6.08. The second-order valence-corrected chi connectivity index (χ2v) is 5.87. The lowest BCUT2D eigenvalue weighted by Crippen LogP contribution is -2.35. The first-order chi connectivity index (χ1) is 8.59. The Balaban J connectivity index is 2.15. The van der Waals surface area contributed by atoms with Crippen molar-refractivity contribution in [3.8, 4) is 0 Å². The van der Waals surface area contributed by atoms with Crippen molar-refractivity contribution >= 4 is 5.69 Å². The first-order valence-corrected chi connectivity index (χ1v) is 7.17. The zero-order valence-corrected chi connectivity index (χ0v) is 11.9. The van der Waals surface area contributed by atoms with Gasteiger partial charge in [-0.15, -0.1) is 0 Å². The van der Waals surface area contributed by atoms with Crippen LogP contribution in [0, 0.1) is 5.92 Å². The third-order valence-electron chi connectivity index (χ3n) is 4.34. The van der Waals surface area contributed by atoms with Gasteiger partial charge in [0.25, 0.3) is 0 Å². The van der Waals surface area contributed by atoms with Gasteiger partial charge in [-0.2, -0.15) is 0 Å². The molecular weight excluding hydrogens is 220 g/mol. The maximum Gasteiger partial charge on any atom is 0.0414 e. The van der Waals surface area contributed by atoms with Crippen LogP contribution < -0.4 is 10.6 Å². The minimum atomic E-state index is 0.103. The van der Waals surface area contributed by atoms with Crippen LogP contribution in [0.4, 0.5) is 5.69 Å². The quantitative estimate of drug-likeness (QED) is 0.880. The number of benzene rings is 1. The molecule has 2 nitrogen and oxygen atoms in total. The lowest BCUT2D eigenvalue weighted by atomic mass is 9.86. The monoisotopic (exact) mass is 246 g/mol. The Hall–Kier alpha value is -1.02. The predicted octanol–water partition coefficient (Wildman–Crippen LogP) is 3.72. The second-order valence-electron chi connectivity index (χ2n) is 5.87. The maximum absolute atomic E-state index is 6.08. The van der Waals surface area contributed by atoms with Gasteiger partial charge in [0.15, 0.2) is 0 Å². The number of rotatable bonds is 3. The van der Waals surface area contributed by atoms with E-state index >= 15 is 0 Å². The molecule has 1 fully saturated rings.